The number of amides is 2. The van der Waals surface area contributed by atoms with Gasteiger partial charge in [-0.2, -0.15) is 0 Å². The van der Waals surface area contributed by atoms with E-state index in [-0.39, 0.29) is 0 Å². The van der Waals surface area contributed by atoms with Crippen LogP contribution in [0.4, 0.5) is 10.5 Å². The van der Waals surface area contributed by atoms with E-state index in [1.54, 1.807) is 29.5 Å². The van der Waals surface area contributed by atoms with Gasteiger partial charge in [-0.05, 0) is 29.1 Å². The fourth-order valence-corrected chi connectivity index (χ4v) is 2.43. The van der Waals surface area contributed by atoms with Gasteiger partial charge in [0.1, 0.15) is 0 Å². The van der Waals surface area contributed by atoms with Crippen LogP contribution < -0.4 is 10.6 Å². The molecule has 2 rings (SSSR count). The number of aliphatic hydroxyl groups is 1. The summed E-state index contributed by atoms with van der Waals surface area (Å²) >= 11 is 1.58. The van der Waals surface area contributed by atoms with Crippen LogP contribution in [0.3, 0.4) is 0 Å². The van der Waals surface area contributed by atoms with Crippen molar-refractivity contribution in [1.82, 2.24) is 5.32 Å². The molecule has 4 N–H and O–H groups in total. The molecular weight excluding hydrogens is 292 g/mol. The molecule has 2 amide bonds. The number of aliphatic carboxylic acids is 1. The standard InChI is InChI=1S/C14H14N2O4S/c17-8-11(13(18)19)16-14(20)15-10-4-1-3-9(7-10)12-5-2-6-21-12/h1-7,11,17H,8H2,(H,18,19)(H2,15,16,20)/t11-/m0/s1. The number of urea groups is 1. The maximum absolute atomic E-state index is 11.7. The quantitative estimate of drug-likeness (QED) is 0.679. The van der Waals surface area contributed by atoms with Crippen LogP contribution >= 0.6 is 11.3 Å². The van der Waals surface area contributed by atoms with E-state index in [1.165, 1.54) is 0 Å². The van der Waals surface area contributed by atoms with Crippen molar-refractivity contribution in [3.05, 3.63) is 41.8 Å². The molecule has 0 spiro atoms. The van der Waals surface area contributed by atoms with Gasteiger partial charge in [0.25, 0.3) is 0 Å². The molecule has 1 aromatic carbocycles. The number of rotatable bonds is 5. The van der Waals surface area contributed by atoms with Crippen molar-refractivity contribution in [2.45, 2.75) is 6.04 Å². The minimum Gasteiger partial charge on any atom is -0.480 e. The number of carbonyl (C=O) groups excluding carboxylic acids is 1. The summed E-state index contributed by atoms with van der Waals surface area (Å²) in [5, 5.41) is 24.3. The van der Waals surface area contributed by atoms with Crippen LogP contribution in [0.1, 0.15) is 0 Å². The van der Waals surface area contributed by atoms with E-state index in [4.69, 9.17) is 10.2 Å². The molecule has 6 nitrogen and oxygen atoms in total. The summed E-state index contributed by atoms with van der Waals surface area (Å²) in [5.74, 6) is -1.29. The lowest BCUT2D eigenvalue weighted by Crippen LogP contribution is -2.45. The lowest BCUT2D eigenvalue weighted by molar-refractivity contribution is -0.140. The maximum atomic E-state index is 11.7. The Kier molecular flexibility index (Phi) is 4.91. The Labute approximate surface area is 125 Å². The van der Waals surface area contributed by atoms with E-state index in [0.717, 1.165) is 10.4 Å². The van der Waals surface area contributed by atoms with Crippen molar-refractivity contribution in [3.8, 4) is 10.4 Å². The smallest absolute Gasteiger partial charge is 0.328 e. The van der Waals surface area contributed by atoms with Gasteiger partial charge in [0.05, 0.1) is 6.61 Å². The van der Waals surface area contributed by atoms with Crippen LogP contribution in [0.2, 0.25) is 0 Å². The zero-order valence-electron chi connectivity index (χ0n) is 10.9. The molecule has 1 heterocycles. The fourth-order valence-electron chi connectivity index (χ4n) is 1.70. The molecule has 1 atom stereocenters. The summed E-state index contributed by atoms with van der Waals surface area (Å²) in [5.41, 5.74) is 1.50. The molecule has 0 radical (unpaired) electrons. The van der Waals surface area contributed by atoms with E-state index in [1.807, 2.05) is 23.6 Å². The zero-order valence-corrected chi connectivity index (χ0v) is 11.8. The third-order valence-corrected chi connectivity index (χ3v) is 3.63. The van der Waals surface area contributed by atoms with Crippen LogP contribution in [0.15, 0.2) is 41.8 Å². The molecule has 0 aliphatic rings. The van der Waals surface area contributed by atoms with Gasteiger partial charge in [0, 0.05) is 10.6 Å². The number of hydrogen-bond donors (Lipinski definition) is 4. The van der Waals surface area contributed by atoms with Crippen molar-refractivity contribution in [3.63, 3.8) is 0 Å². The number of hydrogen-bond acceptors (Lipinski definition) is 4. The van der Waals surface area contributed by atoms with Gasteiger partial charge in [-0.3, -0.25) is 0 Å². The molecule has 7 heteroatoms. The van der Waals surface area contributed by atoms with Crippen LogP contribution in [0, 0.1) is 0 Å². The van der Waals surface area contributed by atoms with Gasteiger partial charge in [0.2, 0.25) is 0 Å². The van der Waals surface area contributed by atoms with Crippen molar-refractivity contribution < 1.29 is 19.8 Å². The molecule has 21 heavy (non-hydrogen) atoms. The normalized spacial score (nSPS) is 11.7. The van der Waals surface area contributed by atoms with Crippen molar-refractivity contribution in [2.24, 2.45) is 0 Å². The SMILES string of the molecule is O=C(Nc1cccc(-c2cccs2)c1)N[C@@H](CO)C(=O)O. The Hall–Kier alpha value is -2.38. The van der Waals surface area contributed by atoms with Crippen LogP contribution in [-0.2, 0) is 4.79 Å². The van der Waals surface area contributed by atoms with Gasteiger partial charge in [-0.25, -0.2) is 9.59 Å². The molecule has 1 aromatic heterocycles. The number of benzene rings is 1. The van der Waals surface area contributed by atoms with Crippen LogP contribution in [-0.4, -0.2) is 34.9 Å². The first-order valence-electron chi connectivity index (χ1n) is 6.15. The van der Waals surface area contributed by atoms with Crippen LogP contribution in [0.5, 0.6) is 0 Å². The third-order valence-electron chi connectivity index (χ3n) is 2.71. The fraction of sp³-hybridized carbons (Fsp3) is 0.143. The molecular formula is C14H14N2O4S. The number of nitrogens with one attached hydrogen (secondary N) is 2. The topological polar surface area (TPSA) is 98.7 Å². The average molecular weight is 306 g/mol. The Morgan fingerprint density at radius 1 is 1.24 bits per heavy atom. The first-order valence-corrected chi connectivity index (χ1v) is 7.03. The molecule has 0 saturated carbocycles. The highest BCUT2D eigenvalue weighted by Crippen LogP contribution is 2.26. The Bertz CT molecular complexity index is 628. The number of carboxylic acid groups (broad SMARTS) is 1. The maximum Gasteiger partial charge on any atom is 0.328 e. The number of thiophene rings is 1. The minimum atomic E-state index is -1.33. The molecule has 0 bridgehead atoms. The third kappa shape index (κ3) is 4.04. The first-order chi connectivity index (χ1) is 10.1. The van der Waals surface area contributed by atoms with Crippen molar-refractivity contribution in [2.75, 3.05) is 11.9 Å². The summed E-state index contributed by atoms with van der Waals surface area (Å²) < 4.78 is 0. The van der Waals surface area contributed by atoms with E-state index < -0.39 is 24.6 Å². The molecule has 0 unspecified atom stereocenters. The highest BCUT2D eigenvalue weighted by atomic mass is 32.1. The van der Waals surface area contributed by atoms with Gasteiger partial charge < -0.3 is 20.8 Å². The number of anilines is 1. The molecule has 0 aliphatic heterocycles. The summed E-state index contributed by atoms with van der Waals surface area (Å²) in [6, 6.07) is 9.10. The summed E-state index contributed by atoms with van der Waals surface area (Å²) in [6.07, 6.45) is 0. The average Bonchev–Trinajstić information content (AvgIpc) is 2.99. The van der Waals surface area contributed by atoms with Crippen molar-refractivity contribution in [1.29, 1.82) is 0 Å². The van der Waals surface area contributed by atoms with Gasteiger partial charge in [-0.1, -0.05) is 18.2 Å². The summed E-state index contributed by atoms with van der Waals surface area (Å²) in [6.45, 7) is -0.669. The number of carboxylic acids is 1. The van der Waals surface area contributed by atoms with Crippen molar-refractivity contribution >= 4 is 29.0 Å². The van der Waals surface area contributed by atoms with Gasteiger partial charge in [0.15, 0.2) is 6.04 Å². The highest BCUT2D eigenvalue weighted by Gasteiger charge is 2.18. The van der Waals surface area contributed by atoms with Gasteiger partial charge >= 0.3 is 12.0 Å². The lowest BCUT2D eigenvalue weighted by atomic mass is 10.1. The van der Waals surface area contributed by atoms with E-state index in [9.17, 15) is 9.59 Å². The number of aliphatic hydroxyl groups excluding tert-OH is 1. The molecule has 0 saturated heterocycles. The van der Waals surface area contributed by atoms with E-state index in [2.05, 4.69) is 10.6 Å². The monoisotopic (exact) mass is 306 g/mol. The zero-order chi connectivity index (χ0) is 15.2. The largest absolute Gasteiger partial charge is 0.480 e. The predicted molar refractivity (Wildman–Crippen MR) is 80.4 cm³/mol. The lowest BCUT2D eigenvalue weighted by Gasteiger charge is -2.13. The van der Waals surface area contributed by atoms with Crippen LogP contribution in [0.25, 0.3) is 10.4 Å². The molecule has 0 aliphatic carbocycles. The first kappa shape index (κ1) is 15.0. The second-order valence-corrected chi connectivity index (χ2v) is 5.18. The predicted octanol–water partition coefficient (Wildman–Crippen LogP) is 1.98. The molecule has 2 aromatic rings. The van der Waals surface area contributed by atoms with E-state index in [0.29, 0.717) is 5.69 Å². The highest BCUT2D eigenvalue weighted by molar-refractivity contribution is 7.13. The minimum absolute atomic E-state index is 0.542. The summed E-state index contributed by atoms with van der Waals surface area (Å²) in [7, 11) is 0. The molecule has 0 fully saturated rings. The molecule has 110 valence electrons. The van der Waals surface area contributed by atoms with Gasteiger partial charge in [-0.15, -0.1) is 11.3 Å². The Morgan fingerprint density at radius 3 is 2.67 bits per heavy atom. The Morgan fingerprint density at radius 2 is 2.05 bits per heavy atom. The number of carbonyl (C=O) groups is 2. The summed E-state index contributed by atoms with van der Waals surface area (Å²) in [4.78, 5) is 23.5. The van der Waals surface area contributed by atoms with E-state index >= 15 is 0 Å². The Balaban J connectivity index is 2.04. The second-order valence-electron chi connectivity index (χ2n) is 4.23. The second kappa shape index (κ2) is 6.87.